The lowest BCUT2D eigenvalue weighted by molar-refractivity contribution is -0.119. The van der Waals surface area contributed by atoms with Crippen LogP contribution < -0.4 is 20.1 Å². The van der Waals surface area contributed by atoms with Crippen molar-refractivity contribution in [3.63, 3.8) is 0 Å². The monoisotopic (exact) mass is 528 g/mol. The molecule has 0 aromatic heterocycles. The Morgan fingerprint density at radius 3 is 1.85 bits per heavy atom. The normalized spacial score (nSPS) is 20.1. The van der Waals surface area contributed by atoms with Crippen LogP contribution in [0.1, 0.15) is 64.9 Å². The number of methoxy groups -OCH3 is 1. The van der Waals surface area contributed by atoms with Gasteiger partial charge in [0.2, 0.25) is 0 Å². The minimum atomic E-state index is -0.393. The number of nitrogens with one attached hydrogen (secondary N) is 2. The summed E-state index contributed by atoms with van der Waals surface area (Å²) < 4.78 is 10.9. The van der Waals surface area contributed by atoms with E-state index in [1.165, 1.54) is 0 Å². The summed E-state index contributed by atoms with van der Waals surface area (Å²) in [4.78, 5) is 39.3. The molecule has 0 unspecified atom stereocenters. The predicted octanol–water partition coefficient (Wildman–Crippen LogP) is 5.69. The second kappa shape index (κ2) is 10.0. The van der Waals surface area contributed by atoms with Crippen LogP contribution in [-0.4, -0.2) is 31.2 Å². The van der Waals surface area contributed by atoms with Crippen LogP contribution in [0, 0.1) is 10.8 Å². The first kappa shape index (κ1) is 26.7. The summed E-state index contributed by atoms with van der Waals surface area (Å²) in [5.41, 5.74) is 4.59. The molecule has 0 atom stereocenters. The molecule has 0 saturated heterocycles. The van der Waals surface area contributed by atoms with Crippen LogP contribution in [0.3, 0.4) is 0 Å². The van der Waals surface area contributed by atoms with E-state index in [1.807, 2.05) is 12.1 Å². The Labute approximate surface area is 229 Å². The van der Waals surface area contributed by atoms with Crippen molar-refractivity contribution in [3.8, 4) is 11.5 Å². The van der Waals surface area contributed by atoms with Crippen molar-refractivity contribution >= 4 is 23.2 Å². The molecule has 1 aliphatic heterocycles. The van der Waals surface area contributed by atoms with Gasteiger partial charge in [-0.1, -0.05) is 39.8 Å². The van der Waals surface area contributed by atoms with Gasteiger partial charge in [-0.15, -0.1) is 0 Å². The summed E-state index contributed by atoms with van der Waals surface area (Å²) in [6.45, 7) is 8.30. The fourth-order valence-corrected chi connectivity index (χ4v) is 6.00. The predicted molar refractivity (Wildman–Crippen MR) is 150 cm³/mol. The first-order valence-electron chi connectivity index (χ1n) is 13.4. The standard InChI is InChI=1S/C32H36N2O5/c1-31(2)14-23-29(25(35)16-31)28(30-24(34-23)15-32(3,4)17-26(30)36)19-6-10-22(11-7-19)39-18-27(37)33-20-8-12-21(38-5)13-9-20/h6-13,28,34H,14-18H2,1-5H3,(H,33,37). The van der Waals surface area contributed by atoms with Crippen molar-refractivity contribution in [2.24, 2.45) is 10.8 Å². The summed E-state index contributed by atoms with van der Waals surface area (Å²) in [7, 11) is 1.59. The van der Waals surface area contributed by atoms with E-state index in [0.717, 1.165) is 29.8 Å². The zero-order valence-electron chi connectivity index (χ0n) is 23.3. The number of carbonyl (C=O) groups is 3. The first-order chi connectivity index (χ1) is 18.4. The van der Waals surface area contributed by atoms with E-state index in [2.05, 4.69) is 38.3 Å². The summed E-state index contributed by atoms with van der Waals surface area (Å²) >= 11 is 0. The van der Waals surface area contributed by atoms with Crippen LogP contribution in [-0.2, 0) is 14.4 Å². The van der Waals surface area contributed by atoms with E-state index in [4.69, 9.17) is 9.47 Å². The summed E-state index contributed by atoms with van der Waals surface area (Å²) in [6, 6.07) is 14.5. The molecule has 3 aliphatic rings. The van der Waals surface area contributed by atoms with Crippen LogP contribution in [0.25, 0.3) is 0 Å². The van der Waals surface area contributed by atoms with Gasteiger partial charge in [0.15, 0.2) is 18.2 Å². The second-order valence-corrected chi connectivity index (χ2v) is 12.4. The number of hydrogen-bond donors (Lipinski definition) is 2. The third-order valence-electron chi connectivity index (χ3n) is 7.68. The van der Waals surface area contributed by atoms with Gasteiger partial charge < -0.3 is 20.1 Å². The number of rotatable bonds is 6. The number of carbonyl (C=O) groups excluding carboxylic acids is 3. The molecular formula is C32H36N2O5. The average Bonchev–Trinajstić information content (AvgIpc) is 2.85. The molecule has 0 saturated carbocycles. The fourth-order valence-electron chi connectivity index (χ4n) is 6.00. The topological polar surface area (TPSA) is 93.7 Å². The van der Waals surface area contributed by atoms with Crippen molar-refractivity contribution < 1.29 is 23.9 Å². The molecule has 2 N–H and O–H groups in total. The summed E-state index contributed by atoms with van der Waals surface area (Å²) in [5.74, 6) is 0.764. The minimum absolute atomic E-state index is 0.0958. The smallest absolute Gasteiger partial charge is 0.262 e. The Kier molecular flexibility index (Phi) is 6.87. The van der Waals surface area contributed by atoms with Gasteiger partial charge >= 0.3 is 0 Å². The zero-order valence-corrected chi connectivity index (χ0v) is 23.3. The molecule has 0 radical (unpaired) electrons. The van der Waals surface area contributed by atoms with Gasteiger partial charge in [0, 0.05) is 47.0 Å². The maximum Gasteiger partial charge on any atom is 0.262 e. The van der Waals surface area contributed by atoms with E-state index in [0.29, 0.717) is 41.2 Å². The number of dihydropyridines is 1. The lowest BCUT2D eigenvalue weighted by Gasteiger charge is -2.44. The van der Waals surface area contributed by atoms with Crippen LogP contribution >= 0.6 is 0 Å². The molecule has 2 aromatic carbocycles. The number of benzene rings is 2. The van der Waals surface area contributed by atoms with Gasteiger partial charge in [-0.05, 0) is 65.6 Å². The average molecular weight is 529 g/mol. The number of amides is 1. The largest absolute Gasteiger partial charge is 0.497 e. The van der Waals surface area contributed by atoms with E-state index >= 15 is 0 Å². The van der Waals surface area contributed by atoms with Gasteiger partial charge in [0.25, 0.3) is 5.91 Å². The molecular weight excluding hydrogens is 492 g/mol. The van der Waals surface area contributed by atoms with E-state index in [9.17, 15) is 14.4 Å². The number of hydrogen-bond acceptors (Lipinski definition) is 6. The molecule has 1 amide bonds. The Bertz CT molecular complexity index is 1330. The molecule has 204 valence electrons. The lowest BCUT2D eigenvalue weighted by Crippen LogP contribution is -2.42. The Balaban J connectivity index is 1.37. The molecule has 39 heavy (non-hydrogen) atoms. The molecule has 0 spiro atoms. The van der Waals surface area contributed by atoms with Gasteiger partial charge in [0.05, 0.1) is 7.11 Å². The quantitative estimate of drug-likeness (QED) is 0.501. The van der Waals surface area contributed by atoms with Crippen LogP contribution in [0.15, 0.2) is 71.1 Å². The molecule has 7 heteroatoms. The number of Topliss-reactive ketones (excluding diaryl/α,β-unsaturated/α-hetero) is 2. The van der Waals surface area contributed by atoms with Crippen molar-refractivity contribution in [1.29, 1.82) is 0 Å². The highest BCUT2D eigenvalue weighted by Crippen LogP contribution is 2.51. The fraction of sp³-hybridized carbons (Fsp3) is 0.406. The second-order valence-electron chi connectivity index (χ2n) is 12.4. The number of ether oxygens (including phenoxy) is 2. The van der Waals surface area contributed by atoms with Crippen molar-refractivity contribution in [3.05, 3.63) is 76.6 Å². The van der Waals surface area contributed by atoms with Gasteiger partial charge in [0.1, 0.15) is 11.5 Å². The first-order valence-corrected chi connectivity index (χ1v) is 13.4. The lowest BCUT2D eigenvalue weighted by atomic mass is 9.64. The van der Waals surface area contributed by atoms with E-state index in [1.54, 1.807) is 43.5 Å². The zero-order chi connectivity index (χ0) is 27.9. The molecule has 0 fully saturated rings. The molecule has 0 bridgehead atoms. The maximum atomic E-state index is 13.5. The van der Waals surface area contributed by atoms with Crippen molar-refractivity contribution in [2.75, 3.05) is 19.0 Å². The van der Waals surface area contributed by atoms with Crippen molar-refractivity contribution in [1.82, 2.24) is 5.32 Å². The van der Waals surface area contributed by atoms with E-state index < -0.39 is 5.92 Å². The SMILES string of the molecule is COc1ccc(NC(=O)COc2ccc(C3C4=C(CC(C)(C)CC4=O)NC4=C3C(=O)CC(C)(C)C4)cc2)cc1. The van der Waals surface area contributed by atoms with Crippen LogP contribution in [0.2, 0.25) is 0 Å². The van der Waals surface area contributed by atoms with Gasteiger partial charge in [-0.25, -0.2) is 0 Å². The third kappa shape index (κ3) is 5.63. The van der Waals surface area contributed by atoms with Crippen molar-refractivity contribution in [2.45, 2.75) is 59.3 Å². The highest BCUT2D eigenvalue weighted by atomic mass is 16.5. The molecule has 2 aromatic rings. The summed E-state index contributed by atoms with van der Waals surface area (Å²) in [5, 5.41) is 6.34. The molecule has 7 nitrogen and oxygen atoms in total. The maximum absolute atomic E-state index is 13.5. The van der Waals surface area contributed by atoms with Crippen LogP contribution in [0.5, 0.6) is 11.5 Å². The molecule has 2 aliphatic carbocycles. The van der Waals surface area contributed by atoms with Gasteiger partial charge in [-0.2, -0.15) is 0 Å². The highest BCUT2D eigenvalue weighted by Gasteiger charge is 2.46. The Morgan fingerprint density at radius 2 is 1.33 bits per heavy atom. The van der Waals surface area contributed by atoms with E-state index in [-0.39, 0.29) is 34.9 Å². The number of ketones is 2. The number of allylic oxidation sites excluding steroid dienone is 4. The highest BCUT2D eigenvalue weighted by molar-refractivity contribution is 6.06. The minimum Gasteiger partial charge on any atom is -0.497 e. The number of anilines is 1. The molecule has 1 heterocycles. The Hall–Kier alpha value is -3.87. The summed E-state index contributed by atoms with van der Waals surface area (Å²) in [6.07, 6.45) is 2.44. The third-order valence-corrected chi connectivity index (χ3v) is 7.68. The molecule has 5 rings (SSSR count). The Morgan fingerprint density at radius 1 is 0.821 bits per heavy atom. The van der Waals surface area contributed by atoms with Gasteiger partial charge in [-0.3, -0.25) is 14.4 Å². The van der Waals surface area contributed by atoms with Crippen LogP contribution in [0.4, 0.5) is 5.69 Å².